The SMILES string of the molecule is COC(=O)[C@@H]1C[C@H](N)CN1C(=O)C(c1ccccc1)c1ccccc1. The van der Waals surface area contributed by atoms with Gasteiger partial charge in [0.15, 0.2) is 0 Å². The Hall–Kier alpha value is -2.66. The Morgan fingerprint density at radius 3 is 2.04 bits per heavy atom. The molecule has 0 saturated carbocycles. The summed E-state index contributed by atoms with van der Waals surface area (Å²) in [7, 11) is 1.33. The van der Waals surface area contributed by atoms with Gasteiger partial charge >= 0.3 is 5.97 Å². The van der Waals surface area contributed by atoms with Crippen LogP contribution in [-0.2, 0) is 14.3 Å². The third kappa shape index (κ3) is 3.56. The highest BCUT2D eigenvalue weighted by Gasteiger charge is 2.41. The third-order valence-corrected chi connectivity index (χ3v) is 4.60. The standard InChI is InChI=1S/C20H22N2O3/c1-25-20(24)17-12-16(21)13-22(17)19(23)18(14-8-4-2-5-9-14)15-10-6-3-7-11-15/h2-11,16-18H,12-13,21H2,1H3/t16-,17-/m0/s1. The van der Waals surface area contributed by atoms with Crippen LogP contribution in [0.25, 0.3) is 0 Å². The fourth-order valence-electron chi connectivity index (χ4n) is 3.41. The van der Waals surface area contributed by atoms with Crippen molar-refractivity contribution in [2.75, 3.05) is 13.7 Å². The van der Waals surface area contributed by atoms with Gasteiger partial charge in [0.2, 0.25) is 5.91 Å². The van der Waals surface area contributed by atoms with Gasteiger partial charge in [0, 0.05) is 12.6 Å². The number of benzene rings is 2. The van der Waals surface area contributed by atoms with Crippen molar-refractivity contribution in [3.8, 4) is 0 Å². The first-order valence-corrected chi connectivity index (χ1v) is 8.35. The molecule has 1 heterocycles. The summed E-state index contributed by atoms with van der Waals surface area (Å²) in [6.45, 7) is 0.356. The molecule has 3 rings (SSSR count). The number of nitrogens with two attached hydrogens (primary N) is 1. The lowest BCUT2D eigenvalue weighted by molar-refractivity contribution is -0.151. The van der Waals surface area contributed by atoms with Crippen molar-refractivity contribution in [3.05, 3.63) is 71.8 Å². The molecule has 25 heavy (non-hydrogen) atoms. The van der Waals surface area contributed by atoms with Crippen molar-refractivity contribution in [1.29, 1.82) is 0 Å². The maximum Gasteiger partial charge on any atom is 0.328 e. The second kappa shape index (κ2) is 7.49. The van der Waals surface area contributed by atoms with Gasteiger partial charge in [-0.2, -0.15) is 0 Å². The summed E-state index contributed by atoms with van der Waals surface area (Å²) >= 11 is 0. The van der Waals surface area contributed by atoms with Gasteiger partial charge in [-0.3, -0.25) is 4.79 Å². The molecule has 130 valence electrons. The zero-order valence-corrected chi connectivity index (χ0v) is 14.2. The first-order chi connectivity index (χ1) is 12.1. The minimum Gasteiger partial charge on any atom is -0.467 e. The molecule has 0 aromatic heterocycles. The van der Waals surface area contributed by atoms with Crippen molar-refractivity contribution in [1.82, 2.24) is 4.90 Å². The Bertz CT molecular complexity index is 694. The second-order valence-electron chi connectivity index (χ2n) is 6.28. The van der Waals surface area contributed by atoms with Crippen LogP contribution >= 0.6 is 0 Å². The lowest BCUT2D eigenvalue weighted by Crippen LogP contribution is -2.44. The van der Waals surface area contributed by atoms with Crippen LogP contribution in [0.3, 0.4) is 0 Å². The number of rotatable bonds is 4. The highest BCUT2D eigenvalue weighted by Crippen LogP contribution is 2.30. The average Bonchev–Trinajstić information content (AvgIpc) is 3.05. The van der Waals surface area contributed by atoms with E-state index >= 15 is 0 Å². The van der Waals surface area contributed by atoms with Crippen molar-refractivity contribution in [2.24, 2.45) is 5.73 Å². The Kier molecular flexibility index (Phi) is 5.14. The monoisotopic (exact) mass is 338 g/mol. The largest absolute Gasteiger partial charge is 0.467 e. The highest BCUT2D eigenvalue weighted by atomic mass is 16.5. The molecule has 1 aliphatic heterocycles. The van der Waals surface area contributed by atoms with E-state index in [0.29, 0.717) is 13.0 Å². The van der Waals surface area contributed by atoms with E-state index in [1.165, 1.54) is 7.11 Å². The van der Waals surface area contributed by atoms with Crippen LogP contribution < -0.4 is 5.73 Å². The minimum absolute atomic E-state index is 0.124. The van der Waals surface area contributed by atoms with Crippen LogP contribution in [0.1, 0.15) is 23.5 Å². The van der Waals surface area contributed by atoms with E-state index in [-0.39, 0.29) is 11.9 Å². The molecule has 1 aliphatic rings. The number of ether oxygens (including phenoxy) is 1. The fourth-order valence-corrected chi connectivity index (χ4v) is 3.41. The molecule has 1 fully saturated rings. The predicted molar refractivity (Wildman–Crippen MR) is 94.8 cm³/mol. The summed E-state index contributed by atoms with van der Waals surface area (Å²) in [6.07, 6.45) is 0.425. The average molecular weight is 338 g/mol. The molecule has 0 bridgehead atoms. The maximum atomic E-state index is 13.4. The Morgan fingerprint density at radius 2 is 1.56 bits per heavy atom. The number of amides is 1. The zero-order chi connectivity index (χ0) is 17.8. The number of carbonyl (C=O) groups is 2. The Labute approximate surface area is 147 Å². The van der Waals surface area contributed by atoms with Gasteiger partial charge in [0.25, 0.3) is 0 Å². The molecule has 0 radical (unpaired) electrons. The van der Waals surface area contributed by atoms with Gasteiger partial charge < -0.3 is 15.4 Å². The highest BCUT2D eigenvalue weighted by molar-refractivity contribution is 5.91. The van der Waals surface area contributed by atoms with E-state index < -0.39 is 17.9 Å². The van der Waals surface area contributed by atoms with Gasteiger partial charge in [-0.25, -0.2) is 4.79 Å². The topological polar surface area (TPSA) is 72.6 Å². The molecular weight excluding hydrogens is 316 g/mol. The number of hydrogen-bond donors (Lipinski definition) is 1. The number of methoxy groups -OCH3 is 1. The molecule has 2 aromatic rings. The fraction of sp³-hybridized carbons (Fsp3) is 0.300. The quantitative estimate of drug-likeness (QED) is 0.865. The number of likely N-dealkylation sites (tertiary alicyclic amines) is 1. The van der Waals surface area contributed by atoms with Crippen molar-refractivity contribution in [2.45, 2.75) is 24.4 Å². The molecule has 0 aliphatic carbocycles. The van der Waals surface area contributed by atoms with Gasteiger partial charge in [-0.05, 0) is 17.5 Å². The van der Waals surface area contributed by atoms with E-state index in [9.17, 15) is 9.59 Å². The molecule has 2 aromatic carbocycles. The third-order valence-electron chi connectivity index (χ3n) is 4.60. The molecule has 5 nitrogen and oxygen atoms in total. The number of carbonyl (C=O) groups excluding carboxylic acids is 2. The molecule has 0 unspecified atom stereocenters. The summed E-state index contributed by atoms with van der Waals surface area (Å²) in [4.78, 5) is 27.1. The van der Waals surface area contributed by atoms with E-state index in [1.807, 2.05) is 60.7 Å². The molecular formula is C20H22N2O3. The number of esters is 1. The van der Waals surface area contributed by atoms with E-state index in [0.717, 1.165) is 11.1 Å². The first kappa shape index (κ1) is 17.2. The molecule has 2 atom stereocenters. The second-order valence-corrected chi connectivity index (χ2v) is 6.28. The molecule has 2 N–H and O–H groups in total. The summed E-state index contributed by atoms with van der Waals surface area (Å²) < 4.78 is 4.87. The first-order valence-electron chi connectivity index (χ1n) is 8.35. The lowest BCUT2D eigenvalue weighted by atomic mass is 9.90. The van der Waals surface area contributed by atoms with Crippen LogP contribution in [0.15, 0.2) is 60.7 Å². The van der Waals surface area contributed by atoms with E-state index in [1.54, 1.807) is 4.90 Å². The van der Waals surface area contributed by atoms with Crippen LogP contribution in [0.5, 0.6) is 0 Å². The van der Waals surface area contributed by atoms with Crippen LogP contribution in [0.2, 0.25) is 0 Å². The van der Waals surface area contributed by atoms with Crippen LogP contribution in [0.4, 0.5) is 0 Å². The minimum atomic E-state index is -0.623. The Morgan fingerprint density at radius 1 is 1.04 bits per heavy atom. The normalized spacial score (nSPS) is 19.9. The van der Waals surface area contributed by atoms with Gasteiger partial charge in [0.1, 0.15) is 6.04 Å². The summed E-state index contributed by atoms with van der Waals surface area (Å²) in [6, 6.07) is 18.3. The number of nitrogens with zero attached hydrogens (tertiary/aromatic N) is 1. The lowest BCUT2D eigenvalue weighted by Gasteiger charge is -2.28. The smallest absolute Gasteiger partial charge is 0.328 e. The number of hydrogen-bond acceptors (Lipinski definition) is 4. The molecule has 1 amide bonds. The summed E-state index contributed by atoms with van der Waals surface area (Å²) in [5.74, 6) is -1.01. The van der Waals surface area contributed by atoms with Crippen molar-refractivity contribution >= 4 is 11.9 Å². The van der Waals surface area contributed by atoms with E-state index in [4.69, 9.17) is 10.5 Å². The van der Waals surface area contributed by atoms with Crippen molar-refractivity contribution in [3.63, 3.8) is 0 Å². The summed E-state index contributed by atoms with van der Waals surface area (Å²) in [5, 5.41) is 0. The van der Waals surface area contributed by atoms with Crippen LogP contribution in [0, 0.1) is 0 Å². The Balaban J connectivity index is 1.98. The van der Waals surface area contributed by atoms with Gasteiger partial charge in [0.05, 0.1) is 13.0 Å². The maximum absolute atomic E-state index is 13.4. The van der Waals surface area contributed by atoms with Gasteiger partial charge in [-0.15, -0.1) is 0 Å². The van der Waals surface area contributed by atoms with Crippen molar-refractivity contribution < 1.29 is 14.3 Å². The van der Waals surface area contributed by atoms with E-state index in [2.05, 4.69) is 0 Å². The summed E-state index contributed by atoms with van der Waals surface area (Å²) in [5.41, 5.74) is 7.80. The van der Waals surface area contributed by atoms with Crippen LogP contribution in [-0.4, -0.2) is 42.5 Å². The van der Waals surface area contributed by atoms with Gasteiger partial charge in [-0.1, -0.05) is 60.7 Å². The molecule has 0 spiro atoms. The molecule has 1 saturated heterocycles. The molecule has 5 heteroatoms. The predicted octanol–water partition coefficient (Wildman–Crippen LogP) is 1.92. The zero-order valence-electron chi connectivity index (χ0n) is 14.2.